The highest BCUT2D eigenvalue weighted by Crippen LogP contribution is 2.16. The third kappa shape index (κ3) is 2.08. The molecule has 3 rings (SSSR count). The average Bonchev–Trinajstić information content (AvgIpc) is 2.79. The van der Waals surface area contributed by atoms with E-state index in [1.165, 1.54) is 0 Å². The Morgan fingerprint density at radius 2 is 1.84 bits per heavy atom. The quantitative estimate of drug-likeness (QED) is 0.774. The molecule has 0 unspecified atom stereocenters. The number of carbonyl (C=O) groups is 1. The number of amides is 1. The van der Waals surface area contributed by atoms with E-state index in [4.69, 9.17) is 5.73 Å². The van der Waals surface area contributed by atoms with E-state index in [0.29, 0.717) is 12.1 Å². The van der Waals surface area contributed by atoms with Gasteiger partial charge in [-0.3, -0.25) is 4.79 Å². The third-order valence-electron chi connectivity index (χ3n) is 3.08. The van der Waals surface area contributed by atoms with Crippen LogP contribution in [0, 0.1) is 0 Å². The van der Waals surface area contributed by atoms with E-state index < -0.39 is 5.91 Å². The lowest BCUT2D eigenvalue weighted by Gasteiger charge is -2.03. The molecule has 0 spiro atoms. The zero-order chi connectivity index (χ0) is 13.2. The Morgan fingerprint density at radius 1 is 1.11 bits per heavy atom. The normalized spacial score (nSPS) is 10.7. The van der Waals surface area contributed by atoms with E-state index in [1.807, 2.05) is 59.1 Å². The first-order valence-electron chi connectivity index (χ1n) is 6.05. The zero-order valence-corrected chi connectivity index (χ0v) is 10.3. The molecule has 0 bridgehead atoms. The van der Waals surface area contributed by atoms with Gasteiger partial charge in [0.25, 0.3) is 5.91 Å². The Kier molecular flexibility index (Phi) is 2.76. The highest BCUT2D eigenvalue weighted by atomic mass is 16.1. The molecule has 1 aromatic carbocycles. The van der Waals surface area contributed by atoms with Crippen LogP contribution >= 0.6 is 0 Å². The molecule has 19 heavy (non-hydrogen) atoms. The van der Waals surface area contributed by atoms with Crippen molar-refractivity contribution in [2.45, 2.75) is 6.42 Å². The number of hydrogen-bond acceptors (Lipinski definition) is 2. The largest absolute Gasteiger partial charge is 0.364 e. The number of fused-ring (bicyclic) bond motifs is 1. The summed E-state index contributed by atoms with van der Waals surface area (Å²) in [7, 11) is 0. The van der Waals surface area contributed by atoms with E-state index >= 15 is 0 Å². The molecule has 0 fully saturated rings. The number of hydrogen-bond donors (Lipinski definition) is 1. The Bertz CT molecular complexity index is 731. The maximum Gasteiger partial charge on any atom is 0.269 e. The molecular weight excluding hydrogens is 238 g/mol. The third-order valence-corrected chi connectivity index (χ3v) is 3.08. The molecular formula is C15H13N3O. The summed E-state index contributed by atoms with van der Waals surface area (Å²) in [5.74, 6) is -0.491. The van der Waals surface area contributed by atoms with Crippen molar-refractivity contribution < 1.29 is 4.79 Å². The Hall–Kier alpha value is -2.62. The molecule has 4 nitrogen and oxygen atoms in total. The number of nitrogens with zero attached hydrogens (tertiary/aromatic N) is 2. The standard InChI is InChI=1S/C15H13N3O/c16-15(19)14-12(10-11-6-2-1-3-7-11)18-9-5-4-8-13(18)17-14/h1-9H,10H2,(H2,16,19). The van der Waals surface area contributed by atoms with Gasteiger partial charge >= 0.3 is 0 Å². The fraction of sp³-hybridized carbons (Fsp3) is 0.0667. The predicted molar refractivity (Wildman–Crippen MR) is 73.0 cm³/mol. The zero-order valence-electron chi connectivity index (χ0n) is 10.3. The summed E-state index contributed by atoms with van der Waals surface area (Å²) in [6.45, 7) is 0. The summed E-state index contributed by atoms with van der Waals surface area (Å²) in [4.78, 5) is 15.8. The first-order valence-corrected chi connectivity index (χ1v) is 6.05. The Balaban J connectivity index is 2.15. The second-order valence-corrected chi connectivity index (χ2v) is 4.36. The minimum absolute atomic E-state index is 0.343. The summed E-state index contributed by atoms with van der Waals surface area (Å²) in [5, 5.41) is 0. The van der Waals surface area contributed by atoms with Gasteiger partial charge in [-0.2, -0.15) is 0 Å². The van der Waals surface area contributed by atoms with Crippen LogP contribution in [0.25, 0.3) is 5.65 Å². The molecule has 2 N–H and O–H groups in total. The van der Waals surface area contributed by atoms with Crippen molar-refractivity contribution in [2.75, 3.05) is 0 Å². The molecule has 0 saturated carbocycles. The lowest BCUT2D eigenvalue weighted by atomic mass is 10.1. The average molecular weight is 251 g/mol. The monoisotopic (exact) mass is 251 g/mol. The highest BCUT2D eigenvalue weighted by molar-refractivity contribution is 5.93. The van der Waals surface area contributed by atoms with Crippen molar-refractivity contribution in [3.63, 3.8) is 0 Å². The van der Waals surface area contributed by atoms with Gasteiger partial charge < -0.3 is 10.1 Å². The number of carbonyl (C=O) groups excluding carboxylic acids is 1. The van der Waals surface area contributed by atoms with E-state index in [0.717, 1.165) is 16.9 Å². The van der Waals surface area contributed by atoms with Crippen LogP contribution in [0.1, 0.15) is 21.7 Å². The van der Waals surface area contributed by atoms with Crippen molar-refractivity contribution in [3.8, 4) is 0 Å². The maximum absolute atomic E-state index is 11.5. The number of pyridine rings is 1. The van der Waals surface area contributed by atoms with E-state index in [2.05, 4.69) is 4.98 Å². The van der Waals surface area contributed by atoms with Gasteiger partial charge in [-0.1, -0.05) is 36.4 Å². The van der Waals surface area contributed by atoms with E-state index in [9.17, 15) is 4.79 Å². The van der Waals surface area contributed by atoms with Crippen LogP contribution < -0.4 is 5.73 Å². The number of rotatable bonds is 3. The van der Waals surface area contributed by atoms with Crippen LogP contribution in [-0.4, -0.2) is 15.3 Å². The predicted octanol–water partition coefficient (Wildman–Crippen LogP) is 2.02. The van der Waals surface area contributed by atoms with Gasteiger partial charge in [0.1, 0.15) is 5.65 Å². The molecule has 4 heteroatoms. The number of nitrogens with two attached hydrogens (primary N) is 1. The van der Waals surface area contributed by atoms with Crippen molar-refractivity contribution in [1.82, 2.24) is 9.38 Å². The lowest BCUT2D eigenvalue weighted by Crippen LogP contribution is -2.14. The molecule has 0 saturated heterocycles. The van der Waals surface area contributed by atoms with E-state index in [-0.39, 0.29) is 0 Å². The van der Waals surface area contributed by atoms with Crippen LogP contribution in [0.5, 0.6) is 0 Å². The second kappa shape index (κ2) is 4.57. The molecule has 0 aliphatic heterocycles. The minimum atomic E-state index is -0.491. The highest BCUT2D eigenvalue weighted by Gasteiger charge is 2.16. The summed E-state index contributed by atoms with van der Waals surface area (Å²) >= 11 is 0. The van der Waals surface area contributed by atoms with Crippen molar-refractivity contribution in [1.29, 1.82) is 0 Å². The van der Waals surface area contributed by atoms with Crippen molar-refractivity contribution in [3.05, 3.63) is 71.7 Å². The van der Waals surface area contributed by atoms with Gasteiger partial charge in [-0.25, -0.2) is 4.98 Å². The molecule has 0 radical (unpaired) electrons. The summed E-state index contributed by atoms with van der Waals surface area (Å²) < 4.78 is 1.91. The summed E-state index contributed by atoms with van der Waals surface area (Å²) in [6.07, 6.45) is 2.53. The first-order chi connectivity index (χ1) is 9.25. The Labute approximate surface area is 110 Å². The van der Waals surface area contributed by atoms with Crippen LogP contribution in [0.3, 0.4) is 0 Å². The second-order valence-electron chi connectivity index (χ2n) is 4.36. The SMILES string of the molecule is NC(=O)c1nc2ccccn2c1Cc1ccccc1. The van der Waals surface area contributed by atoms with Gasteiger partial charge in [-0.05, 0) is 17.7 Å². The Morgan fingerprint density at radius 3 is 2.58 bits per heavy atom. The number of aromatic nitrogens is 2. The van der Waals surface area contributed by atoms with Gasteiger partial charge in [-0.15, -0.1) is 0 Å². The number of imidazole rings is 1. The summed E-state index contributed by atoms with van der Waals surface area (Å²) in [5.41, 5.74) is 8.45. The first kappa shape index (κ1) is 11.5. The van der Waals surface area contributed by atoms with Gasteiger partial charge in [0, 0.05) is 12.6 Å². The molecule has 2 heterocycles. The van der Waals surface area contributed by atoms with Gasteiger partial charge in [0.05, 0.1) is 5.69 Å². The molecule has 0 aliphatic rings. The van der Waals surface area contributed by atoms with E-state index in [1.54, 1.807) is 0 Å². The molecule has 1 amide bonds. The maximum atomic E-state index is 11.5. The molecule has 3 aromatic rings. The molecule has 0 atom stereocenters. The minimum Gasteiger partial charge on any atom is -0.364 e. The van der Waals surface area contributed by atoms with Gasteiger partial charge in [0.15, 0.2) is 5.69 Å². The van der Waals surface area contributed by atoms with Crippen molar-refractivity contribution >= 4 is 11.6 Å². The smallest absolute Gasteiger partial charge is 0.269 e. The van der Waals surface area contributed by atoms with Crippen molar-refractivity contribution in [2.24, 2.45) is 5.73 Å². The molecule has 94 valence electrons. The van der Waals surface area contributed by atoms with Gasteiger partial charge in [0.2, 0.25) is 0 Å². The van der Waals surface area contributed by atoms with Crippen LogP contribution in [0.4, 0.5) is 0 Å². The molecule has 0 aliphatic carbocycles. The van der Waals surface area contributed by atoms with Crippen LogP contribution in [0.15, 0.2) is 54.7 Å². The molecule has 2 aromatic heterocycles. The number of primary amides is 1. The topological polar surface area (TPSA) is 60.4 Å². The summed E-state index contributed by atoms with van der Waals surface area (Å²) in [6, 6.07) is 15.6. The fourth-order valence-corrected chi connectivity index (χ4v) is 2.20. The van der Waals surface area contributed by atoms with Crippen LogP contribution in [-0.2, 0) is 6.42 Å². The number of benzene rings is 1. The fourth-order valence-electron chi connectivity index (χ4n) is 2.20. The van der Waals surface area contributed by atoms with Crippen LogP contribution in [0.2, 0.25) is 0 Å². The lowest BCUT2D eigenvalue weighted by molar-refractivity contribution is 0.0995.